The van der Waals surface area contributed by atoms with Gasteiger partial charge in [-0.25, -0.2) is 9.78 Å². The van der Waals surface area contributed by atoms with Gasteiger partial charge in [0.1, 0.15) is 11.3 Å². The van der Waals surface area contributed by atoms with Gasteiger partial charge >= 0.3 is 6.09 Å². The number of hydrogen-bond donors (Lipinski definition) is 1. The van der Waals surface area contributed by atoms with Gasteiger partial charge in [0.2, 0.25) is 0 Å². The van der Waals surface area contributed by atoms with E-state index in [2.05, 4.69) is 22.0 Å². The maximum atomic E-state index is 13.9. The van der Waals surface area contributed by atoms with Gasteiger partial charge in [-0.2, -0.15) is 0 Å². The summed E-state index contributed by atoms with van der Waals surface area (Å²) < 4.78 is 7.18. The Morgan fingerprint density at radius 1 is 1.14 bits per heavy atom. The average molecular weight is 580 g/mol. The number of pyridine rings is 1. The summed E-state index contributed by atoms with van der Waals surface area (Å²) in [4.78, 5) is 39.2. The molecule has 43 heavy (non-hydrogen) atoms. The number of aromatic nitrogens is 3. The Morgan fingerprint density at radius 2 is 1.98 bits per heavy atom. The number of ether oxygens (including phenoxy) is 1. The van der Waals surface area contributed by atoms with E-state index in [1.807, 2.05) is 50.4 Å². The Bertz CT molecular complexity index is 1760. The van der Waals surface area contributed by atoms with Crippen LogP contribution in [0.5, 0.6) is 5.75 Å². The number of fused-ring (bicyclic) bond motifs is 3. The van der Waals surface area contributed by atoms with Crippen molar-refractivity contribution in [3.63, 3.8) is 0 Å². The fourth-order valence-electron chi connectivity index (χ4n) is 6.11. The number of aliphatic hydroxyl groups excluding tert-OH is 1. The largest absolute Gasteiger partial charge is 0.414 e. The Labute approximate surface area is 251 Å². The van der Waals surface area contributed by atoms with Crippen molar-refractivity contribution < 1.29 is 14.6 Å². The highest BCUT2D eigenvalue weighted by Gasteiger charge is 2.27. The maximum absolute atomic E-state index is 13.9. The lowest BCUT2D eigenvalue weighted by molar-refractivity contribution is 0.0735. The molecule has 0 radical (unpaired) electrons. The normalized spacial score (nSPS) is 18.0. The van der Waals surface area contributed by atoms with E-state index >= 15 is 0 Å². The molecule has 2 atom stereocenters. The Balaban J connectivity index is 1.38. The summed E-state index contributed by atoms with van der Waals surface area (Å²) in [5.41, 5.74) is 6.23. The number of hydrogen-bond acceptors (Lipinski definition) is 7. The minimum Gasteiger partial charge on any atom is -0.410 e. The van der Waals surface area contributed by atoms with Crippen LogP contribution in [-0.4, -0.2) is 63.9 Å². The lowest BCUT2D eigenvalue weighted by atomic mass is 9.91. The molecule has 2 aromatic heterocycles. The van der Waals surface area contributed by atoms with Crippen LogP contribution in [0, 0.1) is 0 Å². The van der Waals surface area contributed by atoms with Crippen molar-refractivity contribution in [1.82, 2.24) is 19.4 Å². The monoisotopic (exact) mass is 579 g/mol. The maximum Gasteiger partial charge on any atom is 0.414 e. The number of benzene rings is 2. The van der Waals surface area contributed by atoms with Crippen molar-refractivity contribution in [2.24, 2.45) is 0 Å². The minimum atomic E-state index is -0.543. The second-order valence-corrected chi connectivity index (χ2v) is 11.5. The second-order valence-electron chi connectivity index (χ2n) is 11.5. The number of aliphatic hydroxyl groups is 1. The molecule has 0 spiro atoms. The van der Waals surface area contributed by atoms with E-state index in [1.54, 1.807) is 30.2 Å². The molecule has 3 heterocycles. The van der Waals surface area contributed by atoms with Crippen LogP contribution in [0.15, 0.2) is 65.9 Å². The van der Waals surface area contributed by atoms with E-state index in [0.717, 1.165) is 59.4 Å². The number of carbonyl (C=O) groups is 1. The number of nitrogens with zero attached hydrogens (tertiary/aromatic N) is 5. The third-order valence-electron chi connectivity index (χ3n) is 8.61. The molecule has 9 nitrogen and oxygen atoms in total. The van der Waals surface area contributed by atoms with E-state index < -0.39 is 12.2 Å². The summed E-state index contributed by atoms with van der Waals surface area (Å²) in [5, 5.41) is 11.2. The van der Waals surface area contributed by atoms with Crippen LogP contribution in [0.2, 0.25) is 0 Å². The third kappa shape index (κ3) is 5.64. The number of rotatable bonds is 6. The highest BCUT2D eigenvalue weighted by molar-refractivity contribution is 5.97. The first-order valence-corrected chi connectivity index (χ1v) is 14.9. The van der Waals surface area contributed by atoms with Crippen molar-refractivity contribution in [2.75, 3.05) is 32.1 Å². The number of carbonyl (C=O) groups excluding carboxylic acids is 1. The minimum absolute atomic E-state index is 0.113. The SMILES string of the molecule is CCN(C)C(=O)Oc1cccc(-c2cc(Cc3cc4c(=O)n([C@H]5CCCC[C@@H]5O)cnc4c4c3C=CCN4C)ccn2)c1. The summed E-state index contributed by atoms with van der Waals surface area (Å²) in [5.74, 6) is 0.457. The van der Waals surface area contributed by atoms with Crippen molar-refractivity contribution in [3.05, 3.63) is 88.1 Å². The van der Waals surface area contributed by atoms with Crippen LogP contribution in [0.4, 0.5) is 10.5 Å². The molecule has 1 N–H and O–H groups in total. The molecule has 9 heteroatoms. The molecule has 1 saturated carbocycles. The van der Waals surface area contributed by atoms with E-state index in [4.69, 9.17) is 9.72 Å². The number of amides is 1. The van der Waals surface area contributed by atoms with Crippen molar-refractivity contribution in [3.8, 4) is 17.0 Å². The number of anilines is 1. The van der Waals surface area contributed by atoms with E-state index in [-0.39, 0.29) is 11.6 Å². The van der Waals surface area contributed by atoms with Crippen molar-refractivity contribution in [1.29, 1.82) is 0 Å². The molecule has 4 aromatic rings. The first kappa shape index (κ1) is 28.6. The van der Waals surface area contributed by atoms with Gasteiger partial charge in [0.05, 0.1) is 35.2 Å². The first-order valence-electron chi connectivity index (χ1n) is 14.9. The summed E-state index contributed by atoms with van der Waals surface area (Å²) >= 11 is 0. The third-order valence-corrected chi connectivity index (χ3v) is 8.61. The van der Waals surface area contributed by atoms with Gasteiger partial charge < -0.3 is 19.6 Å². The second kappa shape index (κ2) is 12.0. The smallest absolute Gasteiger partial charge is 0.410 e. The summed E-state index contributed by atoms with van der Waals surface area (Å²) in [6, 6.07) is 13.1. The van der Waals surface area contributed by atoms with Gasteiger partial charge in [-0.05, 0) is 67.6 Å². The summed E-state index contributed by atoms with van der Waals surface area (Å²) in [6.07, 6.45) is 10.7. The van der Waals surface area contributed by atoms with E-state index in [9.17, 15) is 14.7 Å². The fraction of sp³-hybridized carbons (Fsp3) is 0.353. The van der Waals surface area contributed by atoms with Gasteiger partial charge in [-0.1, -0.05) is 37.1 Å². The predicted octanol–water partition coefficient (Wildman–Crippen LogP) is 5.44. The molecule has 2 aromatic carbocycles. The molecule has 222 valence electrons. The standard InChI is InChI=1S/C34H37N5O4/c1-4-37(2)34(42)43-25-10-7-9-23(19-25)28-18-22(14-15-35-28)17-24-20-27-31(32-26(24)11-8-16-38(32)3)36-21-39(33(27)41)29-12-5-6-13-30(29)40/h7-11,14-15,18-21,29-30,40H,4-6,12-13,16-17H2,1-3H3/t29-,30-/m0/s1. The van der Waals surface area contributed by atoms with Crippen LogP contribution in [-0.2, 0) is 6.42 Å². The highest BCUT2D eigenvalue weighted by Crippen LogP contribution is 2.36. The molecule has 1 aliphatic heterocycles. The molecule has 0 saturated heterocycles. The quantitative estimate of drug-likeness (QED) is 0.325. The van der Waals surface area contributed by atoms with E-state index in [1.165, 1.54) is 4.90 Å². The molecule has 0 unspecified atom stereocenters. The summed E-state index contributed by atoms with van der Waals surface area (Å²) in [7, 11) is 3.71. The van der Waals surface area contributed by atoms with Gasteiger partial charge in [-0.15, -0.1) is 0 Å². The van der Waals surface area contributed by atoms with Crippen LogP contribution >= 0.6 is 0 Å². The average Bonchev–Trinajstić information content (AvgIpc) is 3.02. The Hall–Kier alpha value is -4.50. The van der Waals surface area contributed by atoms with E-state index in [0.29, 0.717) is 36.0 Å². The zero-order chi connectivity index (χ0) is 30.1. The zero-order valence-electron chi connectivity index (χ0n) is 24.9. The predicted molar refractivity (Wildman–Crippen MR) is 169 cm³/mol. The van der Waals surface area contributed by atoms with Crippen molar-refractivity contribution >= 4 is 28.8 Å². The lowest BCUT2D eigenvalue weighted by Crippen LogP contribution is -2.35. The number of likely N-dealkylation sites (N-methyl/N-ethyl adjacent to an activating group) is 1. The van der Waals surface area contributed by atoms with Crippen LogP contribution in [0.3, 0.4) is 0 Å². The molecule has 1 fully saturated rings. The van der Waals surface area contributed by atoms with Crippen LogP contribution < -0.4 is 15.2 Å². The van der Waals surface area contributed by atoms with Gasteiger partial charge in [0, 0.05) is 44.5 Å². The van der Waals surface area contributed by atoms with Gasteiger partial charge in [0.15, 0.2) is 0 Å². The topological polar surface area (TPSA) is 101 Å². The molecule has 2 aliphatic rings. The molecule has 6 rings (SSSR count). The lowest BCUT2D eigenvalue weighted by Gasteiger charge is -2.30. The van der Waals surface area contributed by atoms with Gasteiger partial charge in [0.25, 0.3) is 5.56 Å². The Morgan fingerprint density at radius 3 is 2.79 bits per heavy atom. The van der Waals surface area contributed by atoms with Crippen LogP contribution in [0.25, 0.3) is 28.2 Å². The zero-order valence-corrected chi connectivity index (χ0v) is 24.9. The molecule has 1 amide bonds. The first-order chi connectivity index (χ1) is 20.8. The molecular formula is C34H37N5O4. The fourth-order valence-corrected chi connectivity index (χ4v) is 6.11. The molecule has 1 aliphatic carbocycles. The molecule has 0 bridgehead atoms. The van der Waals surface area contributed by atoms with Crippen molar-refractivity contribution in [2.45, 2.75) is 51.2 Å². The van der Waals surface area contributed by atoms with Crippen LogP contribution in [0.1, 0.15) is 55.3 Å². The Kier molecular flexibility index (Phi) is 7.99. The molecular weight excluding hydrogens is 542 g/mol. The van der Waals surface area contributed by atoms with Gasteiger partial charge in [-0.3, -0.25) is 14.3 Å². The highest BCUT2D eigenvalue weighted by atomic mass is 16.6. The summed E-state index contributed by atoms with van der Waals surface area (Å²) in [6.45, 7) is 3.17.